The van der Waals surface area contributed by atoms with Crippen molar-refractivity contribution in [2.24, 2.45) is 11.8 Å². The van der Waals surface area contributed by atoms with Gasteiger partial charge in [0.1, 0.15) is 11.6 Å². The highest BCUT2D eigenvalue weighted by molar-refractivity contribution is 5.74. The molecule has 2 aromatic carbocycles. The number of halogens is 2. The average molecular weight is 446 g/mol. The number of rotatable bonds is 9. The molecule has 0 aromatic heterocycles. The molecule has 174 valence electrons. The van der Waals surface area contributed by atoms with Crippen molar-refractivity contribution in [1.82, 2.24) is 15.5 Å². The Balaban J connectivity index is 1.66. The quantitative estimate of drug-likeness (QED) is 0.597. The summed E-state index contributed by atoms with van der Waals surface area (Å²) in [5.41, 5.74) is 1.76. The second kappa shape index (κ2) is 11.8. The van der Waals surface area contributed by atoms with Crippen molar-refractivity contribution in [2.45, 2.75) is 39.4 Å². The molecule has 5 nitrogen and oxygen atoms in total. The van der Waals surface area contributed by atoms with Crippen LogP contribution in [0.3, 0.4) is 0 Å². The zero-order valence-electron chi connectivity index (χ0n) is 18.8. The minimum Gasteiger partial charge on any atom is -0.493 e. The van der Waals surface area contributed by atoms with Gasteiger partial charge < -0.3 is 20.3 Å². The van der Waals surface area contributed by atoms with Gasteiger partial charge in [0.2, 0.25) is 0 Å². The fourth-order valence-electron chi connectivity index (χ4n) is 3.85. The van der Waals surface area contributed by atoms with E-state index < -0.39 is 6.67 Å². The Labute approximate surface area is 189 Å². The number of hydrogen-bond acceptors (Lipinski definition) is 3. The van der Waals surface area contributed by atoms with Crippen molar-refractivity contribution < 1.29 is 18.3 Å². The molecule has 2 amide bonds. The van der Waals surface area contributed by atoms with Crippen LogP contribution in [0.15, 0.2) is 48.5 Å². The first-order valence-electron chi connectivity index (χ1n) is 11.2. The molecule has 0 aliphatic carbocycles. The number of nitrogens with zero attached hydrogens (tertiary/aromatic N) is 1. The van der Waals surface area contributed by atoms with Crippen molar-refractivity contribution in [1.29, 1.82) is 0 Å². The number of amides is 2. The van der Waals surface area contributed by atoms with Gasteiger partial charge >= 0.3 is 6.03 Å². The SMILES string of the molecule is CC(C)COc1ccc(CNC(=O)N(Cc2ccc(F)cc2)[C@@H]2CCNC[C@H]2CF)cc1. The fraction of sp³-hybridized carbons (Fsp3) is 0.480. The molecule has 2 aromatic rings. The molecule has 7 heteroatoms. The van der Waals surface area contributed by atoms with Crippen molar-refractivity contribution in [3.8, 4) is 5.75 Å². The van der Waals surface area contributed by atoms with Gasteiger partial charge in [-0.25, -0.2) is 9.18 Å². The topological polar surface area (TPSA) is 53.6 Å². The van der Waals surface area contributed by atoms with Crippen LogP contribution in [-0.4, -0.2) is 43.3 Å². The van der Waals surface area contributed by atoms with E-state index in [-0.39, 0.29) is 23.8 Å². The summed E-state index contributed by atoms with van der Waals surface area (Å²) in [6.07, 6.45) is 0.672. The van der Waals surface area contributed by atoms with Gasteiger partial charge in [-0.05, 0) is 54.3 Å². The highest BCUT2D eigenvalue weighted by atomic mass is 19.1. The Morgan fingerprint density at radius 3 is 2.50 bits per heavy atom. The molecule has 0 unspecified atom stereocenters. The van der Waals surface area contributed by atoms with Crippen LogP contribution in [0, 0.1) is 17.7 Å². The van der Waals surface area contributed by atoms with Crippen LogP contribution in [0.25, 0.3) is 0 Å². The maximum atomic E-state index is 13.7. The van der Waals surface area contributed by atoms with Gasteiger partial charge in [0.05, 0.1) is 13.3 Å². The van der Waals surface area contributed by atoms with E-state index in [0.29, 0.717) is 38.6 Å². The Hall–Kier alpha value is -2.67. The van der Waals surface area contributed by atoms with E-state index in [1.54, 1.807) is 17.0 Å². The van der Waals surface area contributed by atoms with Gasteiger partial charge in [0, 0.05) is 31.6 Å². The summed E-state index contributed by atoms with van der Waals surface area (Å²) in [7, 11) is 0. The van der Waals surface area contributed by atoms with Gasteiger partial charge in [-0.3, -0.25) is 4.39 Å². The van der Waals surface area contributed by atoms with E-state index in [1.807, 2.05) is 24.3 Å². The van der Waals surface area contributed by atoms with Crippen LogP contribution in [0.5, 0.6) is 5.75 Å². The lowest BCUT2D eigenvalue weighted by Gasteiger charge is -2.39. The second-order valence-corrected chi connectivity index (χ2v) is 8.74. The summed E-state index contributed by atoms with van der Waals surface area (Å²) < 4.78 is 32.7. The fourth-order valence-corrected chi connectivity index (χ4v) is 3.85. The molecule has 1 aliphatic rings. The third-order valence-electron chi connectivity index (χ3n) is 5.64. The van der Waals surface area contributed by atoms with Crippen LogP contribution >= 0.6 is 0 Å². The van der Waals surface area contributed by atoms with Crippen LogP contribution < -0.4 is 15.4 Å². The van der Waals surface area contributed by atoms with Gasteiger partial charge in [-0.15, -0.1) is 0 Å². The predicted octanol–water partition coefficient (Wildman–Crippen LogP) is 4.52. The first-order valence-corrected chi connectivity index (χ1v) is 11.2. The molecule has 1 aliphatic heterocycles. The number of nitrogens with one attached hydrogen (secondary N) is 2. The number of ether oxygens (including phenoxy) is 1. The number of hydrogen-bond donors (Lipinski definition) is 2. The minimum absolute atomic E-state index is 0.224. The lowest BCUT2D eigenvalue weighted by Crippen LogP contribution is -2.54. The number of carbonyl (C=O) groups excluding carboxylic acids is 1. The number of urea groups is 1. The summed E-state index contributed by atoms with van der Waals surface area (Å²) in [5.74, 6) is 0.651. The normalized spacial score (nSPS) is 18.4. The molecule has 2 atom stereocenters. The number of piperidine rings is 1. The van der Waals surface area contributed by atoms with Gasteiger partial charge in [0.15, 0.2) is 0 Å². The van der Waals surface area contributed by atoms with E-state index in [4.69, 9.17) is 4.74 Å². The monoisotopic (exact) mass is 445 g/mol. The lowest BCUT2D eigenvalue weighted by molar-refractivity contribution is 0.108. The van der Waals surface area contributed by atoms with E-state index in [2.05, 4.69) is 24.5 Å². The van der Waals surface area contributed by atoms with Gasteiger partial charge in [-0.1, -0.05) is 38.1 Å². The van der Waals surface area contributed by atoms with Crippen LogP contribution in [0.2, 0.25) is 0 Å². The van der Waals surface area contributed by atoms with E-state index >= 15 is 0 Å². The molecule has 0 saturated carbocycles. The van der Waals surface area contributed by atoms with Crippen molar-refractivity contribution in [3.05, 3.63) is 65.5 Å². The predicted molar refractivity (Wildman–Crippen MR) is 122 cm³/mol. The van der Waals surface area contributed by atoms with Crippen molar-refractivity contribution >= 4 is 6.03 Å². The van der Waals surface area contributed by atoms with E-state index in [1.165, 1.54) is 12.1 Å². The highest BCUT2D eigenvalue weighted by Gasteiger charge is 2.33. The van der Waals surface area contributed by atoms with E-state index in [9.17, 15) is 13.6 Å². The smallest absolute Gasteiger partial charge is 0.318 e. The largest absolute Gasteiger partial charge is 0.493 e. The first kappa shape index (κ1) is 24.0. The minimum atomic E-state index is -0.497. The zero-order chi connectivity index (χ0) is 22.9. The number of carbonyl (C=O) groups is 1. The zero-order valence-corrected chi connectivity index (χ0v) is 18.8. The molecular weight excluding hydrogens is 412 g/mol. The molecule has 2 N–H and O–H groups in total. The third-order valence-corrected chi connectivity index (χ3v) is 5.64. The number of alkyl halides is 1. The molecular formula is C25H33F2N3O2. The van der Waals surface area contributed by atoms with Gasteiger partial charge in [0.25, 0.3) is 0 Å². The Bertz CT molecular complexity index is 843. The molecule has 3 rings (SSSR count). The summed E-state index contributed by atoms with van der Waals surface area (Å²) in [4.78, 5) is 14.9. The number of benzene rings is 2. The Morgan fingerprint density at radius 1 is 1.16 bits per heavy atom. The molecule has 1 heterocycles. The van der Waals surface area contributed by atoms with Crippen molar-refractivity contribution in [3.63, 3.8) is 0 Å². The highest BCUT2D eigenvalue weighted by Crippen LogP contribution is 2.22. The summed E-state index contributed by atoms with van der Waals surface area (Å²) in [5, 5.41) is 6.17. The summed E-state index contributed by atoms with van der Waals surface area (Å²) >= 11 is 0. The third kappa shape index (κ3) is 6.92. The van der Waals surface area contributed by atoms with Crippen LogP contribution in [0.1, 0.15) is 31.4 Å². The summed E-state index contributed by atoms with van der Waals surface area (Å²) in [6.45, 7) is 6.26. The molecule has 1 saturated heterocycles. The second-order valence-electron chi connectivity index (χ2n) is 8.74. The molecule has 0 radical (unpaired) electrons. The molecule has 0 bridgehead atoms. The Kier molecular flexibility index (Phi) is 8.85. The summed E-state index contributed by atoms with van der Waals surface area (Å²) in [6, 6.07) is 13.3. The average Bonchev–Trinajstić information content (AvgIpc) is 2.81. The van der Waals surface area contributed by atoms with Crippen LogP contribution in [0.4, 0.5) is 13.6 Å². The first-order chi connectivity index (χ1) is 15.5. The Morgan fingerprint density at radius 2 is 1.84 bits per heavy atom. The standard InChI is InChI=1S/C25H33F2N3O2/c1-18(2)17-32-23-9-5-19(6-10-23)14-29-25(31)30(16-20-3-7-22(27)8-4-20)24-11-12-28-15-21(24)13-26/h3-10,18,21,24,28H,11-17H2,1-2H3,(H,29,31)/t21-,24-/m1/s1. The molecule has 1 fully saturated rings. The molecule has 0 spiro atoms. The van der Waals surface area contributed by atoms with Crippen molar-refractivity contribution in [2.75, 3.05) is 26.4 Å². The van der Waals surface area contributed by atoms with Gasteiger partial charge in [-0.2, -0.15) is 0 Å². The lowest BCUT2D eigenvalue weighted by atomic mass is 9.92. The molecule has 32 heavy (non-hydrogen) atoms. The maximum absolute atomic E-state index is 13.7. The van der Waals surface area contributed by atoms with E-state index in [0.717, 1.165) is 23.4 Å². The van der Waals surface area contributed by atoms with Crippen LogP contribution in [-0.2, 0) is 13.1 Å². The maximum Gasteiger partial charge on any atom is 0.318 e.